The third-order valence-electron chi connectivity index (χ3n) is 0. The molecule has 0 aromatic heterocycles. The Hall–Kier alpha value is 0.0731. The summed E-state index contributed by atoms with van der Waals surface area (Å²) in [7, 11) is 0. The number of rotatable bonds is 0. The number of hydrogen-bond acceptors (Lipinski definition) is 3. The van der Waals surface area contributed by atoms with Crippen molar-refractivity contribution in [3.63, 3.8) is 0 Å². The van der Waals surface area contributed by atoms with Gasteiger partial charge in [0.1, 0.15) is 0 Å². The maximum absolute atomic E-state index is 8.33. The van der Waals surface area contributed by atoms with Crippen LogP contribution >= 0.6 is 0 Å². The predicted octanol–water partition coefficient (Wildman–Crippen LogP) is -2.90. The van der Waals surface area contributed by atoms with Crippen LogP contribution in [0.1, 0.15) is 0 Å². The van der Waals surface area contributed by atoms with Crippen LogP contribution in [-0.4, -0.2) is 11.6 Å². The van der Waals surface area contributed by atoms with Crippen molar-refractivity contribution in [2.45, 2.75) is 0 Å². The molecule has 44 valence electrons. The van der Waals surface area contributed by atoms with Gasteiger partial charge in [-0.15, -0.1) is 0 Å². The fourth-order valence-corrected chi connectivity index (χ4v) is 0. The first-order valence-electron chi connectivity index (χ1n) is 0.612. The van der Waals surface area contributed by atoms with E-state index in [2.05, 4.69) is 0 Å². The monoisotopic (exact) mass is 186 g/mol. The molecule has 0 heterocycles. The molecule has 0 saturated carbocycles. The smallest absolute Gasteiger partial charge is 0 e. The van der Waals surface area contributed by atoms with E-state index in [1.807, 2.05) is 0 Å². The van der Waals surface area contributed by atoms with E-state index < -0.39 is 6.16 Å². The van der Waals surface area contributed by atoms with Crippen LogP contribution in [0.5, 0.6) is 0 Å². The van der Waals surface area contributed by atoms with Crippen LogP contribution in [0.3, 0.4) is 0 Å². The van der Waals surface area contributed by atoms with Gasteiger partial charge in [-0.1, -0.05) is 0 Å². The summed E-state index contributed by atoms with van der Waals surface area (Å²) >= 11 is 0. The predicted molar refractivity (Wildman–Crippen MR) is 15.0 cm³/mol. The van der Waals surface area contributed by atoms with E-state index in [-0.39, 0.29) is 37.8 Å². The van der Waals surface area contributed by atoms with Crippen molar-refractivity contribution in [2.75, 3.05) is 0 Å². The van der Waals surface area contributed by atoms with Crippen LogP contribution in [-0.2, 0) is 26.2 Å². The summed E-state index contributed by atoms with van der Waals surface area (Å²) in [5, 5.41) is 16.7. The van der Waals surface area contributed by atoms with Gasteiger partial charge < -0.3 is 26.6 Å². The van der Waals surface area contributed by atoms with Crippen LogP contribution in [0, 0.1) is 0 Å². The Kier molecular flexibility index (Phi) is 65.3. The number of hydrogen-bond donors (Lipinski definition) is 1. The average molecular weight is 187 g/mol. The quantitative estimate of drug-likeness (QED) is 0.436. The molecule has 0 atom stereocenters. The van der Waals surface area contributed by atoms with E-state index >= 15 is 0 Å². The number of quaternary nitrogens is 1. The molecule has 0 aliphatic carbocycles. The van der Waals surface area contributed by atoms with Crippen molar-refractivity contribution in [3.8, 4) is 0 Å². The van der Waals surface area contributed by atoms with Crippen LogP contribution in [0.4, 0.5) is 4.79 Å². The second kappa shape index (κ2) is 16.6. The molecule has 5 nitrogen and oxygen atoms in total. The molecule has 6 N–H and O–H groups in total. The average Bonchev–Trinajstić information content (AvgIpc) is 0.811. The minimum absolute atomic E-state index is 0. The van der Waals surface area contributed by atoms with Gasteiger partial charge >= 0.3 is 0 Å². The normalized spacial score (nSPS) is 3.43. The summed E-state index contributed by atoms with van der Waals surface area (Å²) in [6.45, 7) is 0. The number of carbonyl (C=O) groups is 1. The fourth-order valence-electron chi connectivity index (χ4n) is 0. The Morgan fingerprint density at radius 1 is 1.29 bits per heavy atom. The maximum Gasteiger partial charge on any atom is 0 e. The molecule has 0 spiro atoms. The Bertz CT molecular complexity index is 34.7. The van der Waals surface area contributed by atoms with Crippen molar-refractivity contribution < 1.29 is 46.7 Å². The van der Waals surface area contributed by atoms with Crippen molar-refractivity contribution in [3.05, 3.63) is 0 Å². The minimum atomic E-state index is -2.33. The third kappa shape index (κ3) is 18800. The van der Waals surface area contributed by atoms with Crippen molar-refractivity contribution >= 4 is 6.16 Å². The molecule has 0 radical (unpaired) electrons. The molecular weight excluding hydrogens is 181 g/mol. The van der Waals surface area contributed by atoms with E-state index in [4.69, 9.17) is 15.0 Å². The van der Waals surface area contributed by atoms with Gasteiger partial charge in [0.15, 0.2) is 0 Å². The summed E-state index contributed by atoms with van der Waals surface area (Å²) in [6, 6.07) is 0. The first kappa shape index (κ1) is 27.6. The molecule has 0 aliphatic rings. The first-order chi connectivity index (χ1) is 1.73. The SMILES string of the molecule is O.O=C([O-])[O-].[NH4+].[Zr]. The zero-order chi connectivity index (χ0) is 3.58. The second-order valence-corrected chi connectivity index (χ2v) is 0.250. The summed E-state index contributed by atoms with van der Waals surface area (Å²) < 4.78 is 0. The third-order valence-corrected chi connectivity index (χ3v) is 0. The van der Waals surface area contributed by atoms with E-state index in [1.54, 1.807) is 0 Å². The Morgan fingerprint density at radius 2 is 1.29 bits per heavy atom. The summed E-state index contributed by atoms with van der Waals surface area (Å²) in [5.74, 6) is 0. The molecule has 0 amide bonds. The van der Waals surface area contributed by atoms with Crippen LogP contribution in [0.15, 0.2) is 0 Å². The largest absolute Gasteiger partial charge is 0.652 e. The molecule has 0 rings (SSSR count). The molecule has 0 saturated heterocycles. The Balaban J connectivity index is -0.0000000150. The van der Waals surface area contributed by atoms with Crippen LogP contribution in [0.2, 0.25) is 0 Å². The molecular formula is CH6NO4Zr-. The van der Waals surface area contributed by atoms with Gasteiger partial charge in [-0.3, -0.25) is 0 Å². The molecule has 0 aliphatic heterocycles. The number of carboxylic acid groups (broad SMARTS) is 2. The molecule has 0 unspecified atom stereocenters. The number of carbonyl (C=O) groups excluding carboxylic acids is 1. The van der Waals surface area contributed by atoms with E-state index in [1.165, 1.54) is 0 Å². The molecule has 0 aromatic rings. The molecule has 0 bridgehead atoms. The zero-order valence-electron chi connectivity index (χ0n) is 3.72. The van der Waals surface area contributed by atoms with Gasteiger partial charge in [-0.05, 0) is 6.16 Å². The first-order valence-corrected chi connectivity index (χ1v) is 0.612. The Labute approximate surface area is 59.4 Å². The van der Waals surface area contributed by atoms with Gasteiger partial charge in [0.05, 0.1) is 0 Å². The van der Waals surface area contributed by atoms with Gasteiger partial charge in [-0.2, -0.15) is 0 Å². The maximum atomic E-state index is 8.33. The van der Waals surface area contributed by atoms with Crippen molar-refractivity contribution in [2.24, 2.45) is 0 Å². The van der Waals surface area contributed by atoms with E-state index in [9.17, 15) is 0 Å². The van der Waals surface area contributed by atoms with Gasteiger partial charge in [0.2, 0.25) is 0 Å². The Morgan fingerprint density at radius 3 is 1.29 bits per heavy atom. The summed E-state index contributed by atoms with van der Waals surface area (Å²) in [6.07, 6.45) is -2.33. The van der Waals surface area contributed by atoms with Crippen molar-refractivity contribution in [1.82, 2.24) is 6.15 Å². The topological polar surface area (TPSA) is 131 Å². The summed E-state index contributed by atoms with van der Waals surface area (Å²) in [4.78, 5) is 8.33. The van der Waals surface area contributed by atoms with Crippen LogP contribution in [0.25, 0.3) is 0 Å². The molecule has 7 heavy (non-hydrogen) atoms. The standard InChI is InChI=1S/CH2O3.H3N.H2O.Zr/c2-1(3)4;;;/h(H2,2,3,4);1H3;1H2;/p-1. The summed E-state index contributed by atoms with van der Waals surface area (Å²) in [5.41, 5.74) is 0. The minimum Gasteiger partial charge on any atom is -0.652 e. The van der Waals surface area contributed by atoms with Gasteiger partial charge in [-0.25, -0.2) is 0 Å². The van der Waals surface area contributed by atoms with Crippen LogP contribution < -0.4 is 16.4 Å². The van der Waals surface area contributed by atoms with Crippen molar-refractivity contribution in [1.29, 1.82) is 0 Å². The fraction of sp³-hybridized carbons (Fsp3) is 0. The molecule has 0 fully saturated rings. The second-order valence-electron chi connectivity index (χ2n) is 0.250. The van der Waals surface area contributed by atoms with Gasteiger partial charge in [0.25, 0.3) is 0 Å². The zero-order valence-corrected chi connectivity index (χ0v) is 6.18. The molecule has 6 heteroatoms. The van der Waals surface area contributed by atoms with E-state index in [0.717, 1.165) is 0 Å². The van der Waals surface area contributed by atoms with E-state index in [0.29, 0.717) is 0 Å². The van der Waals surface area contributed by atoms with Gasteiger partial charge in [0, 0.05) is 26.2 Å². The molecule has 0 aromatic carbocycles.